The summed E-state index contributed by atoms with van der Waals surface area (Å²) in [5.41, 5.74) is 4.96. The molecule has 1 aromatic heterocycles. The van der Waals surface area contributed by atoms with E-state index in [-0.39, 0.29) is 17.7 Å². The summed E-state index contributed by atoms with van der Waals surface area (Å²) >= 11 is 0. The number of nitrogens with one attached hydrogen (secondary N) is 1. The number of phenols is 1. The van der Waals surface area contributed by atoms with Crippen molar-refractivity contribution in [3.05, 3.63) is 70.9 Å². The van der Waals surface area contributed by atoms with Crippen molar-refractivity contribution in [3.63, 3.8) is 0 Å². The van der Waals surface area contributed by atoms with Gasteiger partial charge in [0.1, 0.15) is 17.1 Å². The molecule has 1 amide bonds. The number of carbonyl (C=O) groups excluding carboxylic acids is 1. The first-order chi connectivity index (χ1) is 13.5. The number of amides is 1. The van der Waals surface area contributed by atoms with Crippen molar-refractivity contribution in [2.45, 2.75) is 39.2 Å². The first kappa shape index (κ1) is 18.3. The van der Waals surface area contributed by atoms with Gasteiger partial charge in [0, 0.05) is 17.7 Å². The van der Waals surface area contributed by atoms with Crippen molar-refractivity contribution in [3.8, 4) is 17.0 Å². The van der Waals surface area contributed by atoms with Crippen LogP contribution in [0.3, 0.4) is 0 Å². The van der Waals surface area contributed by atoms with Crippen LogP contribution in [0.15, 0.2) is 48.5 Å². The maximum absolute atomic E-state index is 13.1. The van der Waals surface area contributed by atoms with E-state index >= 15 is 0 Å². The predicted octanol–water partition coefficient (Wildman–Crippen LogP) is 4.86. The van der Waals surface area contributed by atoms with Crippen LogP contribution in [0, 0.1) is 0 Å². The Hall–Kier alpha value is -3.08. The molecule has 0 bridgehead atoms. The van der Waals surface area contributed by atoms with Gasteiger partial charge in [0.2, 0.25) is 0 Å². The van der Waals surface area contributed by atoms with Gasteiger partial charge in [0.05, 0.1) is 6.04 Å². The number of phenolic OH excluding ortho intramolecular Hbond substituents is 1. The third kappa shape index (κ3) is 2.87. The standard InChI is InChI=1S/C23H25N3O2/c1-4-13-26-22(16-11-9-15(10-12-16)14(2)3)19-20(24-25-21(19)23(26)28)17-7-5-6-8-18(17)27/h5-12,14,22,27H,4,13H2,1-3H3,(H,24,25)/t22-/m0/s1. The lowest BCUT2D eigenvalue weighted by atomic mass is 9.93. The molecule has 3 aromatic rings. The molecule has 144 valence electrons. The van der Waals surface area contributed by atoms with Crippen LogP contribution in [0.1, 0.15) is 66.3 Å². The van der Waals surface area contributed by atoms with E-state index in [4.69, 9.17) is 0 Å². The molecule has 0 radical (unpaired) electrons. The molecule has 0 saturated carbocycles. The minimum atomic E-state index is -0.211. The minimum absolute atomic E-state index is 0.0380. The smallest absolute Gasteiger partial charge is 0.273 e. The SMILES string of the molecule is CCCN1C(=O)c2[nH]nc(-c3ccccc3O)c2[C@@H]1c1ccc(C(C)C)cc1. The summed E-state index contributed by atoms with van der Waals surface area (Å²) in [5, 5.41) is 17.7. The highest BCUT2D eigenvalue weighted by Gasteiger charge is 2.42. The van der Waals surface area contributed by atoms with Gasteiger partial charge in [0.25, 0.3) is 5.91 Å². The predicted molar refractivity (Wildman–Crippen MR) is 109 cm³/mol. The van der Waals surface area contributed by atoms with Gasteiger partial charge in [-0.25, -0.2) is 0 Å². The molecule has 5 heteroatoms. The summed E-state index contributed by atoms with van der Waals surface area (Å²) in [6.07, 6.45) is 0.871. The third-order valence-electron chi connectivity index (χ3n) is 5.41. The number of benzene rings is 2. The highest BCUT2D eigenvalue weighted by atomic mass is 16.3. The Labute approximate surface area is 165 Å². The largest absolute Gasteiger partial charge is 0.507 e. The zero-order chi connectivity index (χ0) is 19.8. The lowest BCUT2D eigenvalue weighted by Gasteiger charge is -2.26. The molecule has 2 heterocycles. The van der Waals surface area contributed by atoms with Gasteiger partial charge in [-0.1, -0.05) is 57.2 Å². The molecule has 1 atom stereocenters. The van der Waals surface area contributed by atoms with Gasteiger partial charge in [-0.05, 0) is 35.6 Å². The number of fused-ring (bicyclic) bond motifs is 1. The number of aromatic nitrogens is 2. The normalized spacial score (nSPS) is 16.1. The Bertz CT molecular complexity index is 1000. The summed E-state index contributed by atoms with van der Waals surface area (Å²) < 4.78 is 0. The summed E-state index contributed by atoms with van der Waals surface area (Å²) in [6, 6.07) is 15.4. The van der Waals surface area contributed by atoms with Crippen LogP contribution in [-0.2, 0) is 0 Å². The molecule has 0 fully saturated rings. The monoisotopic (exact) mass is 375 g/mol. The molecular weight excluding hydrogens is 350 g/mol. The summed E-state index contributed by atoms with van der Waals surface area (Å²) in [5.74, 6) is 0.573. The van der Waals surface area contributed by atoms with E-state index in [9.17, 15) is 9.90 Å². The quantitative estimate of drug-likeness (QED) is 0.669. The van der Waals surface area contributed by atoms with Gasteiger partial charge >= 0.3 is 0 Å². The van der Waals surface area contributed by atoms with E-state index in [1.807, 2.05) is 17.0 Å². The average Bonchev–Trinajstić information content (AvgIpc) is 3.22. The lowest BCUT2D eigenvalue weighted by molar-refractivity contribution is 0.0744. The first-order valence-electron chi connectivity index (χ1n) is 9.80. The van der Waals surface area contributed by atoms with E-state index in [0.29, 0.717) is 29.4 Å². The van der Waals surface area contributed by atoms with Crippen molar-refractivity contribution >= 4 is 5.91 Å². The van der Waals surface area contributed by atoms with Crippen LogP contribution >= 0.6 is 0 Å². The summed E-state index contributed by atoms with van der Waals surface area (Å²) in [4.78, 5) is 15.0. The Morgan fingerprint density at radius 3 is 2.50 bits per heavy atom. The van der Waals surface area contributed by atoms with E-state index in [2.05, 4.69) is 55.2 Å². The molecule has 1 aliphatic rings. The molecule has 28 heavy (non-hydrogen) atoms. The van der Waals surface area contributed by atoms with Gasteiger partial charge in [0.15, 0.2) is 0 Å². The molecule has 0 saturated heterocycles. The van der Waals surface area contributed by atoms with Crippen molar-refractivity contribution < 1.29 is 9.90 Å². The number of carbonyl (C=O) groups is 1. The van der Waals surface area contributed by atoms with Crippen molar-refractivity contribution in [1.82, 2.24) is 15.1 Å². The van der Waals surface area contributed by atoms with E-state index in [1.54, 1.807) is 12.1 Å². The van der Waals surface area contributed by atoms with E-state index < -0.39 is 0 Å². The Morgan fingerprint density at radius 1 is 1.14 bits per heavy atom. The topological polar surface area (TPSA) is 69.2 Å². The number of H-pyrrole nitrogens is 1. The summed E-state index contributed by atoms with van der Waals surface area (Å²) in [6.45, 7) is 7.07. The maximum Gasteiger partial charge on any atom is 0.273 e. The highest BCUT2D eigenvalue weighted by molar-refractivity contribution is 6.00. The second kappa shape index (κ2) is 7.15. The molecule has 2 N–H and O–H groups in total. The zero-order valence-corrected chi connectivity index (χ0v) is 16.4. The van der Waals surface area contributed by atoms with Gasteiger partial charge in [-0.15, -0.1) is 0 Å². The minimum Gasteiger partial charge on any atom is -0.507 e. The second-order valence-corrected chi connectivity index (χ2v) is 7.60. The van der Waals surface area contributed by atoms with Gasteiger partial charge < -0.3 is 10.0 Å². The Kier molecular flexibility index (Phi) is 4.67. The molecular formula is C23H25N3O2. The maximum atomic E-state index is 13.1. The number of hydrogen-bond acceptors (Lipinski definition) is 3. The summed E-state index contributed by atoms with van der Waals surface area (Å²) in [7, 11) is 0. The lowest BCUT2D eigenvalue weighted by Crippen LogP contribution is -2.30. The third-order valence-corrected chi connectivity index (χ3v) is 5.41. The van der Waals surface area contributed by atoms with E-state index in [0.717, 1.165) is 17.5 Å². The molecule has 0 unspecified atom stereocenters. The van der Waals surface area contributed by atoms with Crippen molar-refractivity contribution in [1.29, 1.82) is 0 Å². The van der Waals surface area contributed by atoms with Crippen LogP contribution in [0.2, 0.25) is 0 Å². The van der Waals surface area contributed by atoms with Gasteiger partial charge in [-0.3, -0.25) is 9.89 Å². The molecule has 4 rings (SSSR count). The van der Waals surface area contributed by atoms with Crippen molar-refractivity contribution in [2.75, 3.05) is 6.54 Å². The molecule has 0 spiro atoms. The highest BCUT2D eigenvalue weighted by Crippen LogP contribution is 2.44. The fourth-order valence-corrected chi connectivity index (χ4v) is 3.96. The van der Waals surface area contributed by atoms with Crippen LogP contribution < -0.4 is 0 Å². The molecule has 1 aliphatic heterocycles. The molecule has 5 nitrogen and oxygen atoms in total. The number of para-hydroxylation sites is 1. The molecule has 0 aliphatic carbocycles. The fourth-order valence-electron chi connectivity index (χ4n) is 3.96. The van der Waals surface area contributed by atoms with Gasteiger partial charge in [-0.2, -0.15) is 5.10 Å². The Morgan fingerprint density at radius 2 is 1.86 bits per heavy atom. The van der Waals surface area contributed by atoms with Crippen LogP contribution in [0.25, 0.3) is 11.3 Å². The number of aromatic hydroxyl groups is 1. The number of rotatable bonds is 5. The fraction of sp³-hybridized carbons (Fsp3) is 0.304. The second-order valence-electron chi connectivity index (χ2n) is 7.60. The Balaban J connectivity index is 1.87. The number of hydrogen-bond donors (Lipinski definition) is 2. The van der Waals surface area contributed by atoms with Crippen LogP contribution in [0.4, 0.5) is 0 Å². The van der Waals surface area contributed by atoms with Crippen LogP contribution in [-0.4, -0.2) is 32.7 Å². The number of aromatic amines is 1. The average molecular weight is 375 g/mol. The first-order valence-corrected chi connectivity index (χ1v) is 9.80. The zero-order valence-electron chi connectivity index (χ0n) is 16.4. The number of nitrogens with zero attached hydrogens (tertiary/aromatic N) is 2. The van der Waals surface area contributed by atoms with E-state index in [1.165, 1.54) is 5.56 Å². The molecule has 2 aromatic carbocycles. The van der Waals surface area contributed by atoms with Crippen LogP contribution in [0.5, 0.6) is 5.75 Å². The van der Waals surface area contributed by atoms with Crippen molar-refractivity contribution in [2.24, 2.45) is 0 Å².